The van der Waals surface area contributed by atoms with Crippen LogP contribution in [0.3, 0.4) is 0 Å². The van der Waals surface area contributed by atoms with Crippen molar-refractivity contribution in [2.75, 3.05) is 0 Å². The molecule has 1 aromatic rings. The first-order valence-corrected chi connectivity index (χ1v) is 5.12. The fourth-order valence-electron chi connectivity index (χ4n) is 2.41. The van der Waals surface area contributed by atoms with Gasteiger partial charge in [-0.25, -0.2) is 9.97 Å². The zero-order chi connectivity index (χ0) is 9.38. The van der Waals surface area contributed by atoms with E-state index in [1.54, 1.807) is 6.33 Å². The maximum absolute atomic E-state index is 4.03. The third kappa shape index (κ3) is 1.34. The maximum atomic E-state index is 4.03. The lowest BCUT2D eigenvalue weighted by molar-refractivity contribution is 0.687. The highest BCUT2D eigenvalue weighted by molar-refractivity contribution is 5.29. The summed E-state index contributed by atoms with van der Waals surface area (Å²) in [6.45, 7) is 0. The van der Waals surface area contributed by atoms with Crippen LogP contribution in [0.4, 0.5) is 0 Å². The van der Waals surface area contributed by atoms with Crippen LogP contribution in [0, 0.1) is 0 Å². The molecule has 0 spiro atoms. The van der Waals surface area contributed by atoms with Crippen molar-refractivity contribution in [3.05, 3.63) is 35.9 Å². The standard InChI is InChI=1S/C11H13N3/c1-2-11-9(4-10(1)14-11)3-8-5-12-7-13-6-8/h4-7,10-11,14H,1-3H2. The minimum atomic E-state index is 0.625. The topological polar surface area (TPSA) is 37.8 Å². The van der Waals surface area contributed by atoms with E-state index in [-0.39, 0.29) is 0 Å². The average Bonchev–Trinajstić information content (AvgIpc) is 2.81. The summed E-state index contributed by atoms with van der Waals surface area (Å²) in [6, 6.07) is 1.26. The molecule has 1 fully saturated rings. The van der Waals surface area contributed by atoms with Gasteiger partial charge in [0, 0.05) is 24.5 Å². The molecule has 3 heterocycles. The number of aromatic nitrogens is 2. The van der Waals surface area contributed by atoms with Gasteiger partial charge in [-0.3, -0.25) is 0 Å². The van der Waals surface area contributed by atoms with Crippen LogP contribution >= 0.6 is 0 Å². The monoisotopic (exact) mass is 187 g/mol. The van der Waals surface area contributed by atoms with E-state index in [9.17, 15) is 0 Å². The van der Waals surface area contributed by atoms with E-state index in [1.165, 1.54) is 24.0 Å². The molecule has 3 rings (SSSR count). The molecule has 0 radical (unpaired) electrons. The molecule has 3 heteroatoms. The van der Waals surface area contributed by atoms with Gasteiger partial charge in [-0.15, -0.1) is 0 Å². The summed E-state index contributed by atoms with van der Waals surface area (Å²) in [5, 5.41) is 3.56. The van der Waals surface area contributed by atoms with E-state index in [0.717, 1.165) is 6.42 Å². The lowest BCUT2D eigenvalue weighted by Gasteiger charge is -2.11. The highest BCUT2D eigenvalue weighted by Crippen LogP contribution is 2.29. The van der Waals surface area contributed by atoms with Gasteiger partial charge in [0.1, 0.15) is 6.33 Å². The SMILES string of the molecule is C1=C(Cc2cncnc2)C2CCC1N2. The smallest absolute Gasteiger partial charge is 0.115 e. The van der Waals surface area contributed by atoms with Crippen LogP contribution in [0.2, 0.25) is 0 Å². The quantitative estimate of drug-likeness (QED) is 0.704. The molecular formula is C11H13N3. The Bertz CT molecular complexity index is 358. The maximum Gasteiger partial charge on any atom is 0.115 e. The molecule has 2 aliphatic rings. The van der Waals surface area contributed by atoms with Crippen molar-refractivity contribution in [1.29, 1.82) is 0 Å². The number of nitrogens with one attached hydrogen (secondary N) is 1. The third-order valence-electron chi connectivity index (χ3n) is 3.07. The van der Waals surface area contributed by atoms with Gasteiger partial charge >= 0.3 is 0 Å². The van der Waals surface area contributed by atoms with Crippen molar-refractivity contribution in [3.8, 4) is 0 Å². The number of hydrogen-bond acceptors (Lipinski definition) is 3. The predicted molar refractivity (Wildman–Crippen MR) is 53.8 cm³/mol. The molecule has 14 heavy (non-hydrogen) atoms. The first-order valence-electron chi connectivity index (χ1n) is 5.12. The van der Waals surface area contributed by atoms with Crippen molar-refractivity contribution >= 4 is 0 Å². The molecule has 2 aliphatic heterocycles. The zero-order valence-corrected chi connectivity index (χ0v) is 7.98. The summed E-state index contributed by atoms with van der Waals surface area (Å²) in [5.74, 6) is 0. The summed E-state index contributed by atoms with van der Waals surface area (Å²) < 4.78 is 0. The Hall–Kier alpha value is -1.22. The molecule has 3 nitrogen and oxygen atoms in total. The van der Waals surface area contributed by atoms with Gasteiger partial charge in [0.15, 0.2) is 0 Å². The number of fused-ring (bicyclic) bond motifs is 2. The van der Waals surface area contributed by atoms with E-state index < -0.39 is 0 Å². The molecule has 0 saturated carbocycles. The van der Waals surface area contributed by atoms with E-state index in [2.05, 4.69) is 21.4 Å². The Kier molecular flexibility index (Phi) is 1.84. The molecule has 1 N–H and O–H groups in total. The van der Waals surface area contributed by atoms with E-state index >= 15 is 0 Å². The molecule has 0 aliphatic carbocycles. The molecule has 72 valence electrons. The zero-order valence-electron chi connectivity index (χ0n) is 7.98. The van der Waals surface area contributed by atoms with Crippen molar-refractivity contribution in [1.82, 2.24) is 15.3 Å². The minimum absolute atomic E-state index is 0.625. The van der Waals surface area contributed by atoms with Crippen LogP contribution in [0.1, 0.15) is 18.4 Å². The lowest BCUT2D eigenvalue weighted by atomic mass is 9.95. The summed E-state index contributed by atoms with van der Waals surface area (Å²) >= 11 is 0. The molecule has 2 bridgehead atoms. The highest BCUT2D eigenvalue weighted by Gasteiger charge is 2.31. The van der Waals surface area contributed by atoms with Crippen LogP contribution in [0.15, 0.2) is 30.4 Å². The molecule has 0 aromatic carbocycles. The molecule has 1 saturated heterocycles. The van der Waals surface area contributed by atoms with Crippen molar-refractivity contribution in [3.63, 3.8) is 0 Å². The number of rotatable bonds is 2. The van der Waals surface area contributed by atoms with E-state index in [0.29, 0.717) is 12.1 Å². The van der Waals surface area contributed by atoms with Crippen LogP contribution in [-0.2, 0) is 6.42 Å². The Morgan fingerprint density at radius 2 is 2.14 bits per heavy atom. The molecule has 2 unspecified atom stereocenters. The predicted octanol–water partition coefficient (Wildman–Crippen LogP) is 1.08. The second-order valence-electron chi connectivity index (χ2n) is 4.07. The molecule has 1 aromatic heterocycles. The van der Waals surface area contributed by atoms with Gasteiger partial charge in [-0.1, -0.05) is 11.6 Å². The third-order valence-corrected chi connectivity index (χ3v) is 3.07. The number of hydrogen-bond donors (Lipinski definition) is 1. The fraction of sp³-hybridized carbons (Fsp3) is 0.455. The normalized spacial score (nSPS) is 29.3. The largest absolute Gasteiger partial charge is 0.304 e. The summed E-state index contributed by atoms with van der Waals surface area (Å²) in [4.78, 5) is 8.06. The summed E-state index contributed by atoms with van der Waals surface area (Å²) in [5.41, 5.74) is 2.74. The average molecular weight is 187 g/mol. The van der Waals surface area contributed by atoms with Crippen LogP contribution in [0.5, 0.6) is 0 Å². The van der Waals surface area contributed by atoms with Crippen LogP contribution in [0.25, 0.3) is 0 Å². The molecule has 0 amide bonds. The Morgan fingerprint density at radius 1 is 1.29 bits per heavy atom. The fourth-order valence-corrected chi connectivity index (χ4v) is 2.41. The number of nitrogens with zero attached hydrogens (tertiary/aromatic N) is 2. The Balaban J connectivity index is 1.77. The Labute approximate surface area is 83.3 Å². The second kappa shape index (κ2) is 3.17. The second-order valence-corrected chi connectivity index (χ2v) is 4.07. The summed E-state index contributed by atoms with van der Waals surface area (Å²) in [7, 11) is 0. The van der Waals surface area contributed by atoms with E-state index in [1.807, 2.05) is 12.4 Å². The van der Waals surface area contributed by atoms with E-state index in [4.69, 9.17) is 0 Å². The van der Waals surface area contributed by atoms with Gasteiger partial charge < -0.3 is 5.32 Å². The lowest BCUT2D eigenvalue weighted by Crippen LogP contribution is -2.22. The summed E-state index contributed by atoms with van der Waals surface area (Å²) in [6.07, 6.45) is 11.4. The van der Waals surface area contributed by atoms with Crippen molar-refractivity contribution in [2.24, 2.45) is 0 Å². The van der Waals surface area contributed by atoms with Crippen molar-refractivity contribution < 1.29 is 0 Å². The van der Waals surface area contributed by atoms with Gasteiger partial charge in [0.2, 0.25) is 0 Å². The highest BCUT2D eigenvalue weighted by atomic mass is 15.0. The van der Waals surface area contributed by atoms with Gasteiger partial charge in [0.05, 0.1) is 0 Å². The van der Waals surface area contributed by atoms with Crippen LogP contribution in [-0.4, -0.2) is 22.1 Å². The van der Waals surface area contributed by atoms with Crippen LogP contribution < -0.4 is 5.32 Å². The van der Waals surface area contributed by atoms with Gasteiger partial charge in [-0.05, 0) is 24.8 Å². The first kappa shape index (κ1) is 8.12. The molecular weight excluding hydrogens is 174 g/mol. The van der Waals surface area contributed by atoms with Gasteiger partial charge in [0.25, 0.3) is 0 Å². The van der Waals surface area contributed by atoms with Gasteiger partial charge in [-0.2, -0.15) is 0 Å². The minimum Gasteiger partial charge on any atom is -0.304 e. The Morgan fingerprint density at radius 3 is 2.79 bits per heavy atom. The molecule has 2 atom stereocenters. The van der Waals surface area contributed by atoms with Crippen molar-refractivity contribution in [2.45, 2.75) is 31.3 Å². The first-order chi connectivity index (χ1) is 6.92.